The summed E-state index contributed by atoms with van der Waals surface area (Å²) >= 11 is 7.23. The van der Waals surface area contributed by atoms with Crippen LogP contribution in [0.3, 0.4) is 0 Å². The minimum atomic E-state index is 0.703. The maximum absolute atomic E-state index is 3.72. The van der Waals surface area contributed by atoms with E-state index in [9.17, 15) is 0 Å². The van der Waals surface area contributed by atoms with Crippen LogP contribution >= 0.6 is 31.9 Å². The van der Waals surface area contributed by atoms with Gasteiger partial charge in [0.05, 0.1) is 5.69 Å². The first kappa shape index (κ1) is 15.4. The van der Waals surface area contributed by atoms with Crippen LogP contribution < -0.4 is 4.90 Å². The lowest BCUT2D eigenvalue weighted by molar-refractivity contribution is 0.313. The van der Waals surface area contributed by atoms with Crippen LogP contribution in [0.5, 0.6) is 0 Å². The van der Waals surface area contributed by atoms with E-state index in [1.807, 2.05) is 0 Å². The molecular weight excluding hydrogens is 366 g/mol. The van der Waals surface area contributed by atoms with Crippen molar-refractivity contribution in [2.45, 2.75) is 50.4 Å². The second-order valence-corrected chi connectivity index (χ2v) is 7.03. The average molecular weight is 389 g/mol. The predicted octanol–water partition coefficient (Wildman–Crippen LogP) is 5.75. The van der Waals surface area contributed by atoms with Crippen molar-refractivity contribution in [3.63, 3.8) is 0 Å². The number of alkyl halides is 1. The molecule has 1 saturated carbocycles. The SMILES string of the molecule is CCC1CCC(N(C)c2ccc(CBr)cc2Br)CC1. The lowest BCUT2D eigenvalue weighted by Gasteiger charge is -2.36. The fourth-order valence-electron chi connectivity index (χ4n) is 3.06. The molecule has 0 N–H and O–H groups in total. The summed E-state index contributed by atoms with van der Waals surface area (Å²) in [5, 5.41) is 0.914. The summed E-state index contributed by atoms with van der Waals surface area (Å²) in [7, 11) is 2.24. The fraction of sp³-hybridized carbons (Fsp3) is 0.625. The Morgan fingerprint density at radius 1 is 1.21 bits per heavy atom. The first-order valence-corrected chi connectivity index (χ1v) is 9.14. The molecule has 1 aromatic rings. The zero-order valence-corrected chi connectivity index (χ0v) is 15.0. The molecule has 0 aliphatic heterocycles. The van der Waals surface area contributed by atoms with Crippen LogP contribution in [0.2, 0.25) is 0 Å². The van der Waals surface area contributed by atoms with Crippen LogP contribution in [-0.4, -0.2) is 13.1 Å². The van der Waals surface area contributed by atoms with E-state index in [-0.39, 0.29) is 0 Å². The van der Waals surface area contributed by atoms with Gasteiger partial charge in [0.15, 0.2) is 0 Å². The highest BCUT2D eigenvalue weighted by molar-refractivity contribution is 9.10. The van der Waals surface area contributed by atoms with Crippen molar-refractivity contribution in [2.75, 3.05) is 11.9 Å². The van der Waals surface area contributed by atoms with Gasteiger partial charge in [-0.3, -0.25) is 0 Å². The molecule has 106 valence electrons. The normalized spacial score (nSPS) is 23.4. The Hall–Kier alpha value is -0.0200. The molecular formula is C16H23Br2N. The molecule has 1 fully saturated rings. The van der Waals surface area contributed by atoms with E-state index in [1.54, 1.807) is 0 Å². The molecule has 0 bridgehead atoms. The van der Waals surface area contributed by atoms with Crippen LogP contribution in [0.4, 0.5) is 5.69 Å². The molecule has 0 amide bonds. The summed E-state index contributed by atoms with van der Waals surface area (Å²) in [5.74, 6) is 0.962. The van der Waals surface area contributed by atoms with E-state index < -0.39 is 0 Å². The summed E-state index contributed by atoms with van der Waals surface area (Å²) in [5.41, 5.74) is 2.64. The van der Waals surface area contributed by atoms with Crippen molar-refractivity contribution in [1.29, 1.82) is 0 Å². The number of benzene rings is 1. The van der Waals surface area contributed by atoms with Crippen molar-refractivity contribution in [3.8, 4) is 0 Å². The number of hydrogen-bond acceptors (Lipinski definition) is 1. The molecule has 0 atom stereocenters. The zero-order valence-electron chi connectivity index (χ0n) is 11.8. The Balaban J connectivity index is 2.05. The number of hydrogen-bond donors (Lipinski definition) is 0. The first-order valence-electron chi connectivity index (χ1n) is 7.23. The lowest BCUT2D eigenvalue weighted by Crippen LogP contribution is -2.35. The lowest BCUT2D eigenvalue weighted by atomic mass is 9.84. The van der Waals surface area contributed by atoms with Crippen molar-refractivity contribution in [1.82, 2.24) is 0 Å². The van der Waals surface area contributed by atoms with Crippen LogP contribution in [-0.2, 0) is 5.33 Å². The summed E-state index contributed by atoms with van der Waals surface area (Å²) in [4.78, 5) is 2.47. The van der Waals surface area contributed by atoms with E-state index in [4.69, 9.17) is 0 Å². The molecule has 1 aliphatic carbocycles. The summed E-state index contributed by atoms with van der Waals surface area (Å²) in [6.45, 7) is 2.32. The fourth-order valence-corrected chi connectivity index (χ4v) is 4.11. The molecule has 0 spiro atoms. The zero-order chi connectivity index (χ0) is 13.8. The molecule has 1 nitrogen and oxygen atoms in total. The Morgan fingerprint density at radius 2 is 1.89 bits per heavy atom. The highest BCUT2D eigenvalue weighted by Gasteiger charge is 2.24. The maximum atomic E-state index is 3.72. The molecule has 0 heterocycles. The molecule has 19 heavy (non-hydrogen) atoms. The van der Waals surface area contributed by atoms with Gasteiger partial charge in [0, 0.05) is 22.9 Å². The van der Waals surface area contributed by atoms with E-state index in [0.717, 1.165) is 11.2 Å². The molecule has 0 saturated heterocycles. The van der Waals surface area contributed by atoms with Gasteiger partial charge in [-0.05, 0) is 65.2 Å². The summed E-state index contributed by atoms with van der Waals surface area (Å²) in [6, 6.07) is 7.38. The van der Waals surface area contributed by atoms with Crippen molar-refractivity contribution in [3.05, 3.63) is 28.2 Å². The molecule has 3 heteroatoms. The number of nitrogens with zero attached hydrogens (tertiary/aromatic N) is 1. The summed E-state index contributed by atoms with van der Waals surface area (Å²) < 4.78 is 1.21. The monoisotopic (exact) mass is 387 g/mol. The van der Waals surface area contributed by atoms with Crippen molar-refractivity contribution in [2.24, 2.45) is 5.92 Å². The smallest absolute Gasteiger partial charge is 0.0510 e. The van der Waals surface area contributed by atoms with Gasteiger partial charge in [0.2, 0.25) is 0 Å². The minimum Gasteiger partial charge on any atom is -0.371 e. The Bertz CT molecular complexity index is 411. The highest BCUT2D eigenvalue weighted by atomic mass is 79.9. The van der Waals surface area contributed by atoms with Gasteiger partial charge in [-0.15, -0.1) is 0 Å². The van der Waals surface area contributed by atoms with Crippen LogP contribution in [0.1, 0.15) is 44.6 Å². The average Bonchev–Trinajstić information content (AvgIpc) is 2.46. The Labute approximate surface area is 134 Å². The third-order valence-corrected chi connectivity index (χ3v) is 5.77. The molecule has 0 unspecified atom stereocenters. The van der Waals surface area contributed by atoms with Crippen LogP contribution in [0, 0.1) is 5.92 Å². The third-order valence-electron chi connectivity index (χ3n) is 4.49. The molecule has 1 aliphatic rings. The van der Waals surface area contributed by atoms with Gasteiger partial charge in [0.25, 0.3) is 0 Å². The van der Waals surface area contributed by atoms with E-state index >= 15 is 0 Å². The van der Waals surface area contributed by atoms with Crippen molar-refractivity contribution >= 4 is 37.5 Å². The molecule has 0 radical (unpaired) electrons. The number of halogens is 2. The maximum Gasteiger partial charge on any atom is 0.0510 e. The van der Waals surface area contributed by atoms with E-state index in [1.165, 1.54) is 47.8 Å². The van der Waals surface area contributed by atoms with Crippen LogP contribution in [0.15, 0.2) is 22.7 Å². The van der Waals surface area contributed by atoms with Gasteiger partial charge in [-0.25, -0.2) is 0 Å². The second-order valence-electron chi connectivity index (χ2n) is 5.61. The molecule has 1 aromatic carbocycles. The minimum absolute atomic E-state index is 0.703. The Morgan fingerprint density at radius 3 is 2.42 bits per heavy atom. The van der Waals surface area contributed by atoms with Gasteiger partial charge >= 0.3 is 0 Å². The van der Waals surface area contributed by atoms with Gasteiger partial charge in [0.1, 0.15) is 0 Å². The Kier molecular flexibility index (Phi) is 5.76. The van der Waals surface area contributed by atoms with E-state index in [0.29, 0.717) is 6.04 Å². The molecule has 2 rings (SSSR count). The summed E-state index contributed by atoms with van der Waals surface area (Å²) in [6.07, 6.45) is 6.80. The van der Waals surface area contributed by atoms with Gasteiger partial charge < -0.3 is 4.90 Å². The van der Waals surface area contributed by atoms with Crippen molar-refractivity contribution < 1.29 is 0 Å². The topological polar surface area (TPSA) is 3.24 Å². The standard InChI is InChI=1S/C16H23Br2N/c1-3-12-4-7-14(8-5-12)19(2)16-9-6-13(11-17)10-15(16)18/h6,9-10,12,14H,3-5,7-8,11H2,1-2H3. The van der Waals surface area contributed by atoms with E-state index in [2.05, 4.69) is 68.9 Å². The largest absolute Gasteiger partial charge is 0.371 e. The third kappa shape index (κ3) is 3.75. The van der Waals surface area contributed by atoms with Gasteiger partial charge in [-0.2, -0.15) is 0 Å². The predicted molar refractivity (Wildman–Crippen MR) is 91.2 cm³/mol. The van der Waals surface area contributed by atoms with Gasteiger partial charge in [-0.1, -0.05) is 35.3 Å². The number of rotatable bonds is 4. The first-order chi connectivity index (χ1) is 9.15. The highest BCUT2D eigenvalue weighted by Crippen LogP contribution is 2.34. The van der Waals surface area contributed by atoms with Crippen LogP contribution in [0.25, 0.3) is 0 Å². The quantitative estimate of drug-likeness (QED) is 0.593. The number of anilines is 1. The molecule has 0 aromatic heterocycles. The second kappa shape index (κ2) is 7.12.